The van der Waals surface area contributed by atoms with Gasteiger partial charge in [-0.05, 0) is 43.9 Å². The van der Waals surface area contributed by atoms with Gasteiger partial charge < -0.3 is 14.2 Å². The van der Waals surface area contributed by atoms with Crippen molar-refractivity contribution >= 4 is 27.7 Å². The molecule has 0 radical (unpaired) electrons. The average Bonchev–Trinajstić information content (AvgIpc) is 3.46. The lowest BCUT2D eigenvalue weighted by atomic mass is 9.92. The second-order valence-electron chi connectivity index (χ2n) is 8.59. The van der Waals surface area contributed by atoms with Crippen molar-refractivity contribution in [1.82, 2.24) is 25.1 Å². The van der Waals surface area contributed by atoms with Gasteiger partial charge in [-0.25, -0.2) is 14.4 Å². The molecule has 0 aliphatic carbocycles. The maximum atomic E-state index is 14.1. The van der Waals surface area contributed by atoms with Crippen LogP contribution in [0.2, 0.25) is 0 Å². The topological polar surface area (TPSA) is 90.1 Å². The van der Waals surface area contributed by atoms with Gasteiger partial charge in [0.2, 0.25) is 0 Å². The lowest BCUT2D eigenvalue weighted by Gasteiger charge is -2.33. The van der Waals surface area contributed by atoms with Crippen LogP contribution in [0.1, 0.15) is 45.4 Å². The highest BCUT2D eigenvalue weighted by atomic mass is 32.1. The van der Waals surface area contributed by atoms with Gasteiger partial charge in [0.1, 0.15) is 16.5 Å². The first-order valence-corrected chi connectivity index (χ1v) is 11.9. The van der Waals surface area contributed by atoms with E-state index in [-0.39, 0.29) is 12.0 Å². The Morgan fingerprint density at radius 2 is 1.94 bits per heavy atom. The molecule has 1 saturated heterocycles. The quantitative estimate of drug-likeness (QED) is 0.387. The molecule has 1 fully saturated rings. The number of thiazole rings is 1. The lowest BCUT2D eigenvalue weighted by molar-refractivity contribution is 0.131. The summed E-state index contributed by atoms with van der Waals surface area (Å²) in [5.41, 5.74) is 1.72. The van der Waals surface area contributed by atoms with E-state index in [4.69, 9.17) is 9.26 Å². The van der Waals surface area contributed by atoms with E-state index in [9.17, 15) is 4.39 Å². The molecule has 172 valence electrons. The number of halogens is 1. The molecule has 4 aromatic rings. The van der Waals surface area contributed by atoms with Crippen molar-refractivity contribution in [3.63, 3.8) is 0 Å². The Labute approximate surface area is 194 Å². The minimum Gasteiger partial charge on any atom is -0.467 e. The molecule has 0 saturated carbocycles. The van der Waals surface area contributed by atoms with Crippen molar-refractivity contribution in [3.05, 3.63) is 42.2 Å². The van der Waals surface area contributed by atoms with Gasteiger partial charge in [-0.3, -0.25) is 4.98 Å². The van der Waals surface area contributed by atoms with E-state index in [2.05, 4.69) is 50.8 Å². The molecule has 4 aromatic heterocycles. The molecule has 8 nitrogen and oxygen atoms in total. The van der Waals surface area contributed by atoms with Crippen LogP contribution in [-0.2, 0) is 0 Å². The Hall–Kier alpha value is -3.14. The molecule has 5 heterocycles. The van der Waals surface area contributed by atoms with Gasteiger partial charge in [-0.1, -0.05) is 30.3 Å². The first-order valence-electron chi connectivity index (χ1n) is 11.1. The molecule has 0 amide bonds. The minimum absolute atomic E-state index is 0.0127. The Kier molecular flexibility index (Phi) is 5.92. The number of piperidine rings is 1. The predicted octanol–water partition coefficient (Wildman–Crippen LogP) is 5.08. The fraction of sp³-hybridized carbons (Fsp3) is 0.435. The summed E-state index contributed by atoms with van der Waals surface area (Å²) in [6.45, 7) is 7.88. The highest BCUT2D eigenvalue weighted by Gasteiger charge is 2.28. The van der Waals surface area contributed by atoms with Gasteiger partial charge in [0.25, 0.3) is 5.19 Å². The highest BCUT2D eigenvalue weighted by molar-refractivity contribution is 7.19. The Balaban J connectivity index is 1.23. The zero-order chi connectivity index (χ0) is 22.9. The summed E-state index contributed by atoms with van der Waals surface area (Å²) in [6.07, 6.45) is 4.69. The minimum atomic E-state index is -0.397. The molecule has 1 atom stereocenters. The summed E-state index contributed by atoms with van der Waals surface area (Å²) in [6, 6.07) is 5.84. The van der Waals surface area contributed by atoms with E-state index < -0.39 is 5.82 Å². The number of anilines is 1. The van der Waals surface area contributed by atoms with E-state index in [0.717, 1.165) is 42.1 Å². The normalized spacial score (nSPS) is 16.0. The monoisotopic (exact) mass is 468 g/mol. The van der Waals surface area contributed by atoms with Gasteiger partial charge in [0, 0.05) is 30.8 Å². The Morgan fingerprint density at radius 1 is 1.12 bits per heavy atom. The summed E-state index contributed by atoms with van der Waals surface area (Å²) in [4.78, 5) is 20.3. The largest absolute Gasteiger partial charge is 0.467 e. The molecule has 1 unspecified atom stereocenters. The zero-order valence-corrected chi connectivity index (χ0v) is 19.5. The van der Waals surface area contributed by atoms with Crippen molar-refractivity contribution in [3.8, 4) is 16.5 Å². The molecule has 5 rings (SSSR count). The van der Waals surface area contributed by atoms with Crippen molar-refractivity contribution in [2.45, 2.75) is 45.6 Å². The molecule has 0 N–H and O–H groups in total. The summed E-state index contributed by atoms with van der Waals surface area (Å²) in [5.74, 6) is 0.987. The standard InChI is InChI=1S/C23H25FN6O2S/c1-13(2)20-28-22(32-29-20)30-10-7-15(8-11-30)14(3)31-23-27-19-5-4-18(26-21(19)33-23)16-6-9-25-12-17(16)24/h4-6,9,12-15H,7-8,10-11H2,1-3H3. The zero-order valence-electron chi connectivity index (χ0n) is 18.7. The third-order valence-corrected chi connectivity index (χ3v) is 6.85. The van der Waals surface area contributed by atoms with Crippen LogP contribution in [0.5, 0.6) is 5.19 Å². The van der Waals surface area contributed by atoms with Gasteiger partial charge in [-0.15, -0.1) is 0 Å². The van der Waals surface area contributed by atoms with E-state index in [1.807, 2.05) is 6.07 Å². The van der Waals surface area contributed by atoms with E-state index in [0.29, 0.717) is 28.4 Å². The second kappa shape index (κ2) is 9.01. The van der Waals surface area contributed by atoms with Gasteiger partial charge in [0.05, 0.1) is 11.9 Å². The molecular weight excluding hydrogens is 443 g/mol. The molecule has 0 bridgehead atoms. The van der Waals surface area contributed by atoms with Gasteiger partial charge in [-0.2, -0.15) is 4.98 Å². The summed E-state index contributed by atoms with van der Waals surface area (Å²) in [5, 5.41) is 4.64. The second-order valence-corrected chi connectivity index (χ2v) is 9.53. The summed E-state index contributed by atoms with van der Waals surface area (Å²) >= 11 is 1.38. The molecule has 10 heteroatoms. The van der Waals surface area contributed by atoms with Gasteiger partial charge in [0.15, 0.2) is 11.6 Å². The number of rotatable bonds is 6. The number of hydrogen-bond donors (Lipinski definition) is 0. The van der Waals surface area contributed by atoms with Crippen molar-refractivity contribution < 1.29 is 13.7 Å². The van der Waals surface area contributed by atoms with Crippen LogP contribution in [0.15, 0.2) is 35.1 Å². The maximum Gasteiger partial charge on any atom is 0.324 e. The van der Waals surface area contributed by atoms with Crippen LogP contribution in [0, 0.1) is 11.7 Å². The van der Waals surface area contributed by atoms with Crippen molar-refractivity contribution in [1.29, 1.82) is 0 Å². The van der Waals surface area contributed by atoms with Crippen LogP contribution in [0.25, 0.3) is 21.6 Å². The number of aromatic nitrogens is 5. The average molecular weight is 469 g/mol. The third kappa shape index (κ3) is 4.52. The Morgan fingerprint density at radius 3 is 2.67 bits per heavy atom. The van der Waals surface area contributed by atoms with Crippen LogP contribution in [0.4, 0.5) is 10.4 Å². The first kappa shape index (κ1) is 21.7. The van der Waals surface area contributed by atoms with Crippen LogP contribution in [-0.4, -0.2) is 44.3 Å². The summed E-state index contributed by atoms with van der Waals surface area (Å²) < 4.78 is 25.7. The fourth-order valence-corrected chi connectivity index (χ4v) is 4.86. The third-order valence-electron chi connectivity index (χ3n) is 5.99. The number of ether oxygens (including phenoxy) is 1. The van der Waals surface area contributed by atoms with Crippen molar-refractivity contribution in [2.75, 3.05) is 18.0 Å². The number of hydrogen-bond acceptors (Lipinski definition) is 9. The van der Waals surface area contributed by atoms with Crippen LogP contribution in [0.3, 0.4) is 0 Å². The number of pyridine rings is 2. The number of fused-ring (bicyclic) bond motifs is 1. The number of nitrogens with zero attached hydrogens (tertiary/aromatic N) is 6. The SMILES string of the molecule is CC(C)c1noc(N2CCC(C(C)Oc3nc4ccc(-c5ccncc5F)nc4s3)CC2)n1. The molecule has 1 aliphatic heterocycles. The molecular formula is C23H25FN6O2S. The van der Waals surface area contributed by atoms with Crippen LogP contribution < -0.4 is 9.64 Å². The van der Waals surface area contributed by atoms with Gasteiger partial charge >= 0.3 is 6.01 Å². The molecule has 33 heavy (non-hydrogen) atoms. The highest BCUT2D eigenvalue weighted by Crippen LogP contribution is 2.32. The van der Waals surface area contributed by atoms with E-state index in [1.165, 1.54) is 17.5 Å². The Bertz CT molecular complexity index is 1250. The lowest BCUT2D eigenvalue weighted by Crippen LogP contribution is -2.38. The van der Waals surface area contributed by atoms with E-state index in [1.54, 1.807) is 18.3 Å². The van der Waals surface area contributed by atoms with E-state index >= 15 is 0 Å². The molecule has 0 aromatic carbocycles. The molecule has 0 spiro atoms. The van der Waals surface area contributed by atoms with Crippen LogP contribution >= 0.6 is 11.3 Å². The fourth-order valence-electron chi connectivity index (χ4n) is 3.99. The molecule has 1 aliphatic rings. The first-order chi connectivity index (χ1) is 16.0. The van der Waals surface area contributed by atoms with Crippen molar-refractivity contribution in [2.24, 2.45) is 5.92 Å². The summed E-state index contributed by atoms with van der Waals surface area (Å²) in [7, 11) is 0. The maximum absolute atomic E-state index is 14.1. The smallest absolute Gasteiger partial charge is 0.324 e. The predicted molar refractivity (Wildman–Crippen MR) is 124 cm³/mol.